The standard InChI is InChI=1S/C40H41ClN5O3/c1-25(22-30-17-20-36(48-4)40(49-5)39(30)41)14-21-38(47)43-24-37-42-23-35(26(2)31-18-15-28-10-6-8-12-33(28)44-31)46(37)27(3)32-19-16-29-11-7-9-13-34(29)45-32/h6-13,15-20,23,25-27H,14,21-22,24H2,1-5H3. The lowest BCUT2D eigenvalue weighted by Gasteiger charge is -2.22. The molecule has 6 aromatic rings. The molecule has 0 aliphatic heterocycles. The average Bonchev–Trinajstić information content (AvgIpc) is 3.56. The number of carbonyl (C=O) groups is 1. The predicted octanol–water partition coefficient (Wildman–Crippen LogP) is 8.70. The Bertz CT molecular complexity index is 2090. The molecule has 8 nitrogen and oxygen atoms in total. The molecule has 0 spiro atoms. The minimum Gasteiger partial charge on any atom is -0.493 e. The minimum atomic E-state index is -0.156. The van der Waals surface area contributed by atoms with E-state index in [0.29, 0.717) is 41.6 Å². The van der Waals surface area contributed by atoms with Crippen molar-refractivity contribution < 1.29 is 14.3 Å². The Hall–Kier alpha value is -4.95. The molecule has 0 N–H and O–H groups in total. The number of hydrogen-bond acceptors (Lipinski definition) is 6. The molecule has 3 unspecified atom stereocenters. The van der Waals surface area contributed by atoms with Gasteiger partial charge in [-0.1, -0.05) is 80.0 Å². The van der Waals surface area contributed by atoms with Gasteiger partial charge in [-0.05, 0) is 61.6 Å². The van der Waals surface area contributed by atoms with E-state index in [1.165, 1.54) is 0 Å². The van der Waals surface area contributed by atoms with Crippen LogP contribution in [0.25, 0.3) is 21.8 Å². The predicted molar refractivity (Wildman–Crippen MR) is 195 cm³/mol. The molecule has 3 atom stereocenters. The van der Waals surface area contributed by atoms with E-state index in [1.807, 2.05) is 54.7 Å². The third-order valence-electron chi connectivity index (χ3n) is 9.23. The van der Waals surface area contributed by atoms with Gasteiger partial charge in [0.05, 0.1) is 42.0 Å². The fourth-order valence-corrected chi connectivity index (χ4v) is 6.70. The van der Waals surface area contributed by atoms with Gasteiger partial charge in [0, 0.05) is 40.7 Å². The van der Waals surface area contributed by atoms with Crippen LogP contribution >= 0.6 is 11.6 Å². The first-order chi connectivity index (χ1) is 23.8. The van der Waals surface area contributed by atoms with Crippen LogP contribution in [0.3, 0.4) is 0 Å². The highest BCUT2D eigenvalue weighted by Gasteiger charge is 2.24. The maximum Gasteiger partial charge on any atom is 0.241 e. The van der Waals surface area contributed by atoms with Gasteiger partial charge in [-0.3, -0.25) is 14.8 Å². The molecule has 49 heavy (non-hydrogen) atoms. The second-order valence-corrected chi connectivity index (χ2v) is 12.9. The Labute approximate surface area is 292 Å². The van der Waals surface area contributed by atoms with Gasteiger partial charge < -0.3 is 14.0 Å². The second-order valence-electron chi connectivity index (χ2n) is 12.6. The highest BCUT2D eigenvalue weighted by Crippen LogP contribution is 2.38. The van der Waals surface area contributed by atoms with Crippen LogP contribution in [-0.4, -0.2) is 39.6 Å². The number of benzene rings is 3. The zero-order valence-corrected chi connectivity index (χ0v) is 29.3. The van der Waals surface area contributed by atoms with Crippen molar-refractivity contribution in [3.63, 3.8) is 0 Å². The third-order valence-corrected chi connectivity index (χ3v) is 9.64. The Kier molecular flexibility index (Phi) is 10.4. The van der Waals surface area contributed by atoms with E-state index < -0.39 is 0 Å². The fourth-order valence-electron chi connectivity index (χ4n) is 6.39. The van der Waals surface area contributed by atoms with E-state index in [9.17, 15) is 4.79 Å². The zero-order chi connectivity index (χ0) is 34.5. The summed E-state index contributed by atoms with van der Waals surface area (Å²) in [6, 6.07) is 28.2. The molecule has 3 aromatic carbocycles. The van der Waals surface area contributed by atoms with Crippen molar-refractivity contribution in [3.05, 3.63) is 125 Å². The second kappa shape index (κ2) is 15.1. The Morgan fingerprint density at radius 2 is 1.49 bits per heavy atom. The monoisotopic (exact) mass is 674 g/mol. The maximum absolute atomic E-state index is 13.1. The number of carbonyl (C=O) groups excluding carboxylic acids is 1. The molecule has 0 aliphatic carbocycles. The number of fused-ring (bicyclic) bond motifs is 2. The molecule has 1 radical (unpaired) electrons. The van der Waals surface area contributed by atoms with Crippen LogP contribution in [-0.2, 0) is 17.8 Å². The average molecular weight is 675 g/mol. The lowest BCUT2D eigenvalue weighted by Crippen LogP contribution is -2.22. The van der Waals surface area contributed by atoms with Crippen LogP contribution < -0.4 is 14.8 Å². The van der Waals surface area contributed by atoms with Gasteiger partial charge in [0.1, 0.15) is 12.4 Å². The van der Waals surface area contributed by atoms with Crippen molar-refractivity contribution in [2.45, 2.75) is 58.5 Å². The number of hydrogen-bond donors (Lipinski definition) is 0. The van der Waals surface area contributed by atoms with E-state index >= 15 is 0 Å². The molecule has 0 fully saturated rings. The molecule has 3 heterocycles. The van der Waals surface area contributed by atoms with E-state index in [2.05, 4.69) is 67.1 Å². The van der Waals surface area contributed by atoms with Crippen molar-refractivity contribution in [1.82, 2.24) is 24.8 Å². The number of nitrogens with zero attached hydrogens (tertiary/aromatic N) is 5. The smallest absolute Gasteiger partial charge is 0.241 e. The van der Waals surface area contributed by atoms with Crippen LogP contribution in [0, 0.1) is 5.92 Å². The van der Waals surface area contributed by atoms with E-state index in [-0.39, 0.29) is 30.3 Å². The molecule has 9 heteroatoms. The summed E-state index contributed by atoms with van der Waals surface area (Å²) in [4.78, 5) is 27.9. The molecule has 0 saturated carbocycles. The highest BCUT2D eigenvalue weighted by molar-refractivity contribution is 6.33. The van der Waals surface area contributed by atoms with Crippen molar-refractivity contribution >= 4 is 39.3 Å². The number of methoxy groups -OCH3 is 2. The lowest BCUT2D eigenvalue weighted by atomic mass is 9.96. The summed E-state index contributed by atoms with van der Waals surface area (Å²) >= 11 is 6.61. The molecule has 251 valence electrons. The molecule has 0 aliphatic rings. The molecule has 6 rings (SSSR count). The summed E-state index contributed by atoms with van der Waals surface area (Å²) in [5.41, 5.74) is 5.68. The van der Waals surface area contributed by atoms with Crippen LogP contribution in [0.2, 0.25) is 5.02 Å². The molecular weight excluding hydrogens is 634 g/mol. The maximum atomic E-state index is 13.1. The Morgan fingerprint density at radius 1 is 0.837 bits per heavy atom. The van der Waals surface area contributed by atoms with Crippen molar-refractivity contribution in [2.24, 2.45) is 5.92 Å². The first-order valence-electron chi connectivity index (χ1n) is 16.6. The third kappa shape index (κ3) is 7.39. The van der Waals surface area contributed by atoms with Gasteiger partial charge in [0.2, 0.25) is 5.91 Å². The van der Waals surface area contributed by atoms with Gasteiger partial charge in [-0.15, -0.1) is 0 Å². The number of para-hydroxylation sites is 2. The number of pyridine rings is 2. The number of ether oxygens (including phenoxy) is 2. The molecule has 1 amide bonds. The van der Waals surface area contributed by atoms with Crippen molar-refractivity contribution in [2.75, 3.05) is 14.2 Å². The summed E-state index contributed by atoms with van der Waals surface area (Å²) in [6.45, 7) is 6.54. The van der Waals surface area contributed by atoms with Crippen molar-refractivity contribution in [3.8, 4) is 11.5 Å². The van der Waals surface area contributed by atoms with Crippen LogP contribution in [0.4, 0.5) is 0 Å². The van der Waals surface area contributed by atoms with E-state index in [0.717, 1.165) is 44.5 Å². The normalized spacial score (nSPS) is 13.3. The molecular formula is C40H41ClN5O3. The lowest BCUT2D eigenvalue weighted by molar-refractivity contribution is -0.121. The summed E-state index contributed by atoms with van der Waals surface area (Å²) in [7, 11) is 3.16. The SMILES string of the molecule is COc1ccc(CC(C)CCC(=O)[N]Cc2ncc(C(C)c3ccc4ccccc4n3)n2C(C)c2ccc3ccccc3n2)c(Cl)c1OC. The van der Waals surface area contributed by atoms with Gasteiger partial charge >= 0.3 is 0 Å². The van der Waals surface area contributed by atoms with E-state index in [1.54, 1.807) is 14.2 Å². The number of aromatic nitrogens is 4. The van der Waals surface area contributed by atoms with E-state index in [4.69, 9.17) is 36.0 Å². The minimum absolute atomic E-state index is 0.0614. The molecule has 0 bridgehead atoms. The summed E-state index contributed by atoms with van der Waals surface area (Å²) in [5.74, 6) is 1.82. The van der Waals surface area contributed by atoms with Crippen LogP contribution in [0.1, 0.15) is 74.0 Å². The number of imidazole rings is 1. The van der Waals surface area contributed by atoms with Gasteiger partial charge in [-0.25, -0.2) is 10.3 Å². The highest BCUT2D eigenvalue weighted by atomic mass is 35.5. The van der Waals surface area contributed by atoms with Crippen LogP contribution in [0.5, 0.6) is 11.5 Å². The van der Waals surface area contributed by atoms with Gasteiger partial charge in [0.25, 0.3) is 0 Å². The Morgan fingerprint density at radius 3 is 2.16 bits per heavy atom. The Balaban J connectivity index is 1.20. The van der Waals surface area contributed by atoms with Gasteiger partial charge in [-0.2, -0.15) is 0 Å². The number of halogens is 1. The quantitative estimate of drug-likeness (QED) is 0.122. The summed E-state index contributed by atoms with van der Waals surface area (Å²) in [5, 5.41) is 7.21. The van der Waals surface area contributed by atoms with Crippen LogP contribution in [0.15, 0.2) is 91.1 Å². The number of rotatable bonds is 13. The number of amides is 1. The summed E-state index contributed by atoms with van der Waals surface area (Å²) < 4.78 is 13.0. The summed E-state index contributed by atoms with van der Waals surface area (Å²) in [6.07, 6.45) is 3.61. The zero-order valence-electron chi connectivity index (χ0n) is 28.6. The van der Waals surface area contributed by atoms with Crippen molar-refractivity contribution in [1.29, 1.82) is 0 Å². The topological polar surface area (TPSA) is 93.2 Å². The largest absolute Gasteiger partial charge is 0.493 e. The first-order valence-corrected chi connectivity index (χ1v) is 17.0. The van der Waals surface area contributed by atoms with Gasteiger partial charge in [0.15, 0.2) is 11.5 Å². The molecule has 0 saturated heterocycles. The fraction of sp³-hybridized carbons (Fsp3) is 0.300. The molecule has 3 aromatic heterocycles. The first kappa shape index (κ1) is 33.9.